The maximum Gasteiger partial charge on any atom is 0.310 e. The van der Waals surface area contributed by atoms with Crippen LogP contribution >= 0.6 is 24.0 Å². The SMILES string of the molecule is CN=C(NCC(C)C(=O)OC)N1CCN(c2ccc(OC)cc2)CC1.I. The number of methoxy groups -OCH3 is 2. The van der Waals surface area contributed by atoms with Crippen LogP contribution in [0.2, 0.25) is 0 Å². The monoisotopic (exact) mass is 476 g/mol. The smallest absolute Gasteiger partial charge is 0.310 e. The topological polar surface area (TPSA) is 66.4 Å². The van der Waals surface area contributed by atoms with Crippen LogP contribution < -0.4 is 15.0 Å². The lowest BCUT2D eigenvalue weighted by Gasteiger charge is -2.37. The van der Waals surface area contributed by atoms with Gasteiger partial charge in [0.1, 0.15) is 5.75 Å². The highest BCUT2D eigenvalue weighted by molar-refractivity contribution is 14.0. The Bertz CT molecular complexity index is 587. The molecular weight excluding hydrogens is 447 g/mol. The van der Waals surface area contributed by atoms with Crippen LogP contribution in [0.3, 0.4) is 0 Å². The number of nitrogens with zero attached hydrogens (tertiary/aromatic N) is 3. The van der Waals surface area contributed by atoms with Crippen LogP contribution in [0, 0.1) is 5.92 Å². The van der Waals surface area contributed by atoms with Crippen LogP contribution in [0.5, 0.6) is 5.75 Å². The number of ether oxygens (including phenoxy) is 2. The number of esters is 1. The van der Waals surface area contributed by atoms with Gasteiger partial charge in [-0.2, -0.15) is 0 Å². The van der Waals surface area contributed by atoms with Crippen molar-refractivity contribution in [2.45, 2.75) is 6.92 Å². The first-order valence-corrected chi connectivity index (χ1v) is 8.51. The highest BCUT2D eigenvalue weighted by Crippen LogP contribution is 2.20. The van der Waals surface area contributed by atoms with Gasteiger partial charge in [0.2, 0.25) is 0 Å². The van der Waals surface area contributed by atoms with Gasteiger partial charge in [-0.05, 0) is 24.3 Å². The number of aliphatic imine (C=N–C) groups is 1. The third kappa shape index (κ3) is 5.93. The van der Waals surface area contributed by atoms with Gasteiger partial charge in [-0.3, -0.25) is 9.79 Å². The lowest BCUT2D eigenvalue weighted by Crippen LogP contribution is -2.53. The molecule has 1 aliphatic heterocycles. The van der Waals surface area contributed by atoms with Gasteiger partial charge in [0.05, 0.1) is 20.1 Å². The summed E-state index contributed by atoms with van der Waals surface area (Å²) in [5.74, 6) is 1.27. The van der Waals surface area contributed by atoms with Crippen molar-refractivity contribution in [3.8, 4) is 5.75 Å². The Balaban J connectivity index is 0.00000338. The first-order chi connectivity index (χ1) is 12.1. The minimum Gasteiger partial charge on any atom is -0.497 e. The molecule has 1 heterocycles. The molecule has 8 heteroatoms. The summed E-state index contributed by atoms with van der Waals surface area (Å²) >= 11 is 0. The van der Waals surface area contributed by atoms with E-state index in [1.54, 1.807) is 14.2 Å². The summed E-state index contributed by atoms with van der Waals surface area (Å²) in [5.41, 5.74) is 1.20. The van der Waals surface area contributed by atoms with Crippen molar-refractivity contribution < 1.29 is 14.3 Å². The van der Waals surface area contributed by atoms with Gasteiger partial charge in [0.25, 0.3) is 0 Å². The summed E-state index contributed by atoms with van der Waals surface area (Å²) in [5, 5.41) is 3.26. The van der Waals surface area contributed by atoms with Crippen molar-refractivity contribution in [1.82, 2.24) is 10.2 Å². The largest absolute Gasteiger partial charge is 0.497 e. The second-order valence-corrected chi connectivity index (χ2v) is 6.02. The minimum atomic E-state index is -0.215. The highest BCUT2D eigenvalue weighted by atomic mass is 127. The van der Waals surface area contributed by atoms with Crippen molar-refractivity contribution in [3.63, 3.8) is 0 Å². The third-order valence-electron chi connectivity index (χ3n) is 4.40. The lowest BCUT2D eigenvalue weighted by molar-refractivity contribution is -0.144. The molecule has 0 aromatic heterocycles. The minimum absolute atomic E-state index is 0. The van der Waals surface area contributed by atoms with Crippen LogP contribution in [0.15, 0.2) is 29.3 Å². The number of carbonyl (C=O) groups excluding carboxylic acids is 1. The maximum atomic E-state index is 11.5. The fourth-order valence-corrected chi connectivity index (χ4v) is 2.83. The Labute approximate surface area is 172 Å². The second kappa shape index (κ2) is 11.1. The molecule has 0 spiro atoms. The van der Waals surface area contributed by atoms with Gasteiger partial charge in [0, 0.05) is 45.5 Å². The standard InChI is InChI=1S/C18H28N4O3.HI/c1-14(17(23)25-4)13-20-18(19-2)22-11-9-21(10-12-22)15-5-7-16(24-3)8-6-15;/h5-8,14H,9-13H2,1-4H3,(H,19,20);1H. The molecule has 0 aliphatic carbocycles. The van der Waals surface area contributed by atoms with Crippen LogP contribution in [-0.4, -0.2) is 70.8 Å². The summed E-state index contributed by atoms with van der Waals surface area (Å²) < 4.78 is 9.96. The first-order valence-electron chi connectivity index (χ1n) is 8.51. The van der Waals surface area contributed by atoms with Crippen LogP contribution in [0.25, 0.3) is 0 Å². The molecule has 1 aromatic rings. The number of halogens is 1. The fraction of sp³-hybridized carbons (Fsp3) is 0.556. The molecule has 0 bridgehead atoms. The van der Waals surface area contributed by atoms with E-state index in [0.717, 1.165) is 37.9 Å². The Morgan fingerprint density at radius 1 is 1.19 bits per heavy atom. The van der Waals surface area contributed by atoms with E-state index in [-0.39, 0.29) is 35.9 Å². The molecule has 146 valence electrons. The molecule has 0 saturated carbocycles. The van der Waals surface area contributed by atoms with Gasteiger partial charge in [-0.25, -0.2) is 0 Å². The molecule has 1 saturated heterocycles. The van der Waals surface area contributed by atoms with Gasteiger partial charge < -0.3 is 24.6 Å². The summed E-state index contributed by atoms with van der Waals surface area (Å²) in [6.45, 7) is 5.93. The van der Waals surface area contributed by atoms with Crippen molar-refractivity contribution >= 4 is 41.6 Å². The third-order valence-corrected chi connectivity index (χ3v) is 4.40. The molecule has 1 N–H and O–H groups in total. The zero-order valence-electron chi connectivity index (χ0n) is 15.9. The molecule has 1 fully saturated rings. The summed E-state index contributed by atoms with van der Waals surface area (Å²) in [6, 6.07) is 8.13. The Morgan fingerprint density at radius 3 is 2.31 bits per heavy atom. The van der Waals surface area contributed by atoms with Crippen molar-refractivity contribution in [1.29, 1.82) is 0 Å². The number of hydrogen-bond donors (Lipinski definition) is 1. The van der Waals surface area contributed by atoms with E-state index < -0.39 is 0 Å². The predicted molar refractivity (Wildman–Crippen MR) is 115 cm³/mol. The van der Waals surface area contributed by atoms with E-state index in [2.05, 4.69) is 32.2 Å². The Kier molecular flexibility index (Phi) is 9.53. The second-order valence-electron chi connectivity index (χ2n) is 6.02. The molecule has 26 heavy (non-hydrogen) atoms. The fourth-order valence-electron chi connectivity index (χ4n) is 2.83. The van der Waals surface area contributed by atoms with E-state index in [9.17, 15) is 4.79 Å². The predicted octanol–water partition coefficient (Wildman–Crippen LogP) is 1.82. The van der Waals surface area contributed by atoms with Crippen LogP contribution in [0.1, 0.15) is 6.92 Å². The Morgan fingerprint density at radius 2 is 1.81 bits per heavy atom. The number of benzene rings is 1. The number of rotatable bonds is 5. The molecule has 1 unspecified atom stereocenters. The summed E-state index contributed by atoms with van der Waals surface area (Å²) in [4.78, 5) is 20.4. The Hall–Kier alpha value is -1.71. The van der Waals surface area contributed by atoms with Crippen LogP contribution in [-0.2, 0) is 9.53 Å². The first kappa shape index (κ1) is 22.3. The van der Waals surface area contributed by atoms with E-state index >= 15 is 0 Å². The summed E-state index contributed by atoms with van der Waals surface area (Å²) in [6.07, 6.45) is 0. The molecule has 1 atom stereocenters. The molecule has 0 amide bonds. The normalized spacial score (nSPS) is 15.8. The molecule has 1 aliphatic rings. The molecule has 1 aromatic carbocycles. The molecule has 2 rings (SSSR count). The zero-order valence-corrected chi connectivity index (χ0v) is 18.2. The average Bonchev–Trinajstić information content (AvgIpc) is 2.68. The van der Waals surface area contributed by atoms with Crippen LogP contribution in [0.4, 0.5) is 5.69 Å². The van der Waals surface area contributed by atoms with Crippen molar-refractivity contribution in [3.05, 3.63) is 24.3 Å². The number of guanidine groups is 1. The number of nitrogens with one attached hydrogen (secondary N) is 1. The quantitative estimate of drug-likeness (QED) is 0.303. The number of hydrogen-bond acceptors (Lipinski definition) is 5. The van der Waals surface area contributed by atoms with E-state index in [1.807, 2.05) is 19.1 Å². The van der Waals surface area contributed by atoms with Gasteiger partial charge in [0.15, 0.2) is 5.96 Å². The number of piperazine rings is 1. The van der Waals surface area contributed by atoms with Gasteiger partial charge in [-0.15, -0.1) is 24.0 Å². The van der Waals surface area contributed by atoms with Crippen molar-refractivity contribution in [2.75, 3.05) is 58.9 Å². The van der Waals surface area contributed by atoms with Gasteiger partial charge in [-0.1, -0.05) is 6.92 Å². The zero-order chi connectivity index (χ0) is 18.2. The average molecular weight is 476 g/mol. The van der Waals surface area contributed by atoms with E-state index in [1.165, 1.54) is 12.8 Å². The van der Waals surface area contributed by atoms with E-state index in [4.69, 9.17) is 9.47 Å². The summed E-state index contributed by atoms with van der Waals surface area (Å²) in [7, 11) is 4.85. The molecule has 7 nitrogen and oxygen atoms in total. The number of anilines is 1. The number of carbonyl (C=O) groups is 1. The van der Waals surface area contributed by atoms with Crippen molar-refractivity contribution in [2.24, 2.45) is 10.9 Å². The maximum absolute atomic E-state index is 11.5. The lowest BCUT2D eigenvalue weighted by atomic mass is 10.2. The highest BCUT2D eigenvalue weighted by Gasteiger charge is 2.21. The molecule has 0 radical (unpaired) electrons. The van der Waals surface area contributed by atoms with Gasteiger partial charge >= 0.3 is 5.97 Å². The van der Waals surface area contributed by atoms with E-state index in [0.29, 0.717) is 6.54 Å². The molecular formula is C18H29IN4O3.